The number of carboxylic acid groups (broad SMARTS) is 1. The van der Waals surface area contributed by atoms with Crippen LogP contribution in [-0.2, 0) is 24.0 Å². The van der Waals surface area contributed by atoms with E-state index in [1.807, 2.05) is 6.92 Å². The highest BCUT2D eigenvalue weighted by atomic mass is 32.2. The zero-order chi connectivity index (χ0) is 28.3. The first-order valence-electron chi connectivity index (χ1n) is 11.2. The molecule has 4 rings (SSSR count). The van der Waals surface area contributed by atoms with Gasteiger partial charge in [-0.05, 0) is 22.9 Å². The van der Waals surface area contributed by atoms with Crippen LogP contribution in [0.5, 0.6) is 0 Å². The van der Waals surface area contributed by atoms with Crippen LogP contribution in [0.25, 0.3) is 0 Å². The monoisotopic (exact) mass is 597 g/mol. The largest absolute Gasteiger partial charge is 0.477 e. The molecule has 0 spiro atoms. The van der Waals surface area contributed by atoms with Gasteiger partial charge in [0.2, 0.25) is 22.6 Å². The standard InChI is InChI=1S/C19H23N11O6S3/c1-7(4-21-8(2)31)30-19(24-27-28-30)38-6-9-5-37-16-11(15(33)29(16)12(9)17(34)35)22-14(32)10(25-36-3)13-23-18(20)39-26-13/h7,11,16H,4-6H2,1-3H3,(H,21,31)(H,22,32)(H,34,35)(H2,20,23,26)/t7?,11?,16-/m1/s1. The quantitative estimate of drug-likeness (QED) is 0.102. The number of β-lactam (4-membered cyclic amide) rings is 1. The maximum Gasteiger partial charge on any atom is 0.352 e. The van der Waals surface area contributed by atoms with Crippen molar-refractivity contribution in [1.29, 1.82) is 0 Å². The molecule has 2 aliphatic rings. The molecule has 0 aliphatic carbocycles. The Balaban J connectivity index is 1.46. The minimum absolute atomic E-state index is 0.0593. The Morgan fingerprint density at radius 2 is 2.15 bits per heavy atom. The van der Waals surface area contributed by atoms with E-state index in [9.17, 15) is 24.3 Å². The number of nitrogen functional groups attached to an aromatic ring is 1. The average Bonchev–Trinajstić information content (AvgIpc) is 3.55. The van der Waals surface area contributed by atoms with Crippen LogP contribution in [0.4, 0.5) is 5.13 Å². The summed E-state index contributed by atoms with van der Waals surface area (Å²) >= 11 is 3.39. The zero-order valence-corrected chi connectivity index (χ0v) is 23.2. The Morgan fingerprint density at radius 3 is 2.79 bits per heavy atom. The van der Waals surface area contributed by atoms with Crippen LogP contribution < -0.4 is 16.4 Å². The molecule has 2 unspecified atom stereocenters. The number of aliphatic carboxylic acids is 1. The van der Waals surface area contributed by atoms with E-state index in [0.29, 0.717) is 23.0 Å². The van der Waals surface area contributed by atoms with Gasteiger partial charge in [0.25, 0.3) is 11.8 Å². The maximum absolute atomic E-state index is 13.0. The number of hydrogen-bond acceptors (Lipinski definition) is 15. The number of thioether (sulfide) groups is 2. The lowest BCUT2D eigenvalue weighted by Gasteiger charge is -2.49. The van der Waals surface area contributed by atoms with Gasteiger partial charge in [0.1, 0.15) is 24.2 Å². The summed E-state index contributed by atoms with van der Waals surface area (Å²) in [6, 6.07) is -1.24. The van der Waals surface area contributed by atoms with Crippen molar-refractivity contribution in [2.75, 3.05) is 30.9 Å². The van der Waals surface area contributed by atoms with Crippen molar-refractivity contribution < 1.29 is 29.1 Å². The van der Waals surface area contributed by atoms with Crippen LogP contribution in [0.15, 0.2) is 21.6 Å². The minimum Gasteiger partial charge on any atom is -0.477 e. The molecule has 0 bridgehead atoms. The van der Waals surface area contributed by atoms with Crippen LogP contribution >= 0.6 is 35.1 Å². The normalized spacial score (nSPS) is 19.7. The van der Waals surface area contributed by atoms with E-state index >= 15 is 0 Å². The van der Waals surface area contributed by atoms with Crippen LogP contribution in [0.1, 0.15) is 25.7 Å². The molecule has 3 amide bonds. The van der Waals surface area contributed by atoms with Crippen molar-refractivity contribution in [2.45, 2.75) is 36.5 Å². The molecule has 2 aliphatic heterocycles. The van der Waals surface area contributed by atoms with Gasteiger partial charge in [-0.15, -0.1) is 16.9 Å². The predicted octanol–water partition coefficient (Wildman–Crippen LogP) is -1.31. The number of nitrogens with two attached hydrogens (primary N) is 1. The number of aromatic nitrogens is 6. The number of oxime groups is 1. The second-order valence-electron chi connectivity index (χ2n) is 8.18. The number of amides is 3. The number of tetrazole rings is 1. The summed E-state index contributed by atoms with van der Waals surface area (Å²) < 4.78 is 5.47. The third-order valence-corrected chi connectivity index (χ3v) is 8.39. The topological polar surface area (TPSA) is 233 Å². The number of fused-ring (bicyclic) bond motifs is 1. The summed E-state index contributed by atoms with van der Waals surface area (Å²) in [6.07, 6.45) is 0. The molecule has 20 heteroatoms. The Morgan fingerprint density at radius 1 is 1.38 bits per heavy atom. The lowest BCUT2D eigenvalue weighted by Crippen LogP contribution is -2.71. The molecular formula is C19H23N11O6S3. The van der Waals surface area contributed by atoms with E-state index in [1.54, 1.807) is 0 Å². The molecule has 0 radical (unpaired) electrons. The number of nitrogens with zero attached hydrogens (tertiary/aromatic N) is 8. The van der Waals surface area contributed by atoms with Gasteiger partial charge in [-0.25, -0.2) is 9.48 Å². The van der Waals surface area contributed by atoms with Gasteiger partial charge in [0.15, 0.2) is 5.13 Å². The Hall–Kier alpha value is -3.78. The molecule has 1 fully saturated rings. The van der Waals surface area contributed by atoms with Crippen molar-refractivity contribution in [3.05, 3.63) is 17.1 Å². The average molecular weight is 598 g/mol. The highest BCUT2D eigenvalue weighted by Gasteiger charge is 2.54. The van der Waals surface area contributed by atoms with Gasteiger partial charge in [-0.1, -0.05) is 16.9 Å². The third-order valence-electron chi connectivity index (χ3n) is 5.49. The molecule has 17 nitrogen and oxygen atoms in total. The number of hydrogen-bond donors (Lipinski definition) is 4. The number of carbonyl (C=O) groups is 4. The van der Waals surface area contributed by atoms with Gasteiger partial charge in [0.05, 0.1) is 6.04 Å². The molecule has 0 saturated carbocycles. The van der Waals surface area contributed by atoms with Crippen LogP contribution in [-0.4, -0.2) is 106 Å². The van der Waals surface area contributed by atoms with E-state index < -0.39 is 29.2 Å². The Bertz CT molecular complexity index is 1360. The summed E-state index contributed by atoms with van der Waals surface area (Å²) in [5.74, 6) is -2.37. The van der Waals surface area contributed by atoms with Gasteiger partial charge >= 0.3 is 5.97 Å². The number of carbonyl (C=O) groups excluding carboxylic acids is 3. The maximum atomic E-state index is 13.0. The molecular weight excluding hydrogens is 574 g/mol. The summed E-state index contributed by atoms with van der Waals surface area (Å²) in [5.41, 5.74) is 5.67. The van der Waals surface area contributed by atoms with Gasteiger partial charge in [0, 0.05) is 36.5 Å². The molecule has 2 aromatic rings. The highest BCUT2D eigenvalue weighted by Crippen LogP contribution is 2.41. The van der Waals surface area contributed by atoms with Gasteiger partial charge < -0.3 is 26.3 Å². The lowest BCUT2D eigenvalue weighted by atomic mass is 10.0. The van der Waals surface area contributed by atoms with Gasteiger partial charge in [-0.3, -0.25) is 19.3 Å². The van der Waals surface area contributed by atoms with Crippen molar-refractivity contribution in [2.24, 2.45) is 5.16 Å². The van der Waals surface area contributed by atoms with Crippen LogP contribution in [0.2, 0.25) is 0 Å². The Kier molecular flexibility index (Phi) is 8.65. The van der Waals surface area contributed by atoms with E-state index in [-0.39, 0.29) is 40.1 Å². The van der Waals surface area contributed by atoms with Crippen molar-refractivity contribution in [3.8, 4) is 0 Å². The van der Waals surface area contributed by atoms with Crippen LogP contribution in [0.3, 0.4) is 0 Å². The fourth-order valence-electron chi connectivity index (χ4n) is 3.70. The van der Waals surface area contributed by atoms with Crippen molar-refractivity contribution >= 4 is 69.6 Å². The van der Waals surface area contributed by atoms with E-state index in [4.69, 9.17) is 10.6 Å². The first-order chi connectivity index (χ1) is 18.6. The third kappa shape index (κ3) is 5.96. The fraction of sp³-hybridized carbons (Fsp3) is 0.474. The molecule has 1 saturated heterocycles. The second kappa shape index (κ2) is 11.9. The number of anilines is 1. The number of carboxylic acids is 1. The molecule has 39 heavy (non-hydrogen) atoms. The summed E-state index contributed by atoms with van der Waals surface area (Å²) in [7, 11) is 1.24. The number of rotatable bonds is 11. The zero-order valence-electron chi connectivity index (χ0n) is 20.7. The number of nitrogens with one attached hydrogen (secondary N) is 2. The van der Waals surface area contributed by atoms with Crippen molar-refractivity contribution in [1.82, 2.24) is 45.1 Å². The molecule has 3 atom stereocenters. The van der Waals surface area contributed by atoms with Crippen molar-refractivity contribution in [3.63, 3.8) is 0 Å². The molecule has 0 aromatic carbocycles. The summed E-state index contributed by atoms with van der Waals surface area (Å²) in [6.45, 7) is 3.55. The summed E-state index contributed by atoms with van der Waals surface area (Å²) in [5, 5.41) is 30.4. The molecule has 2 aromatic heterocycles. The first kappa shape index (κ1) is 28.2. The molecule has 4 heterocycles. The smallest absolute Gasteiger partial charge is 0.352 e. The Labute approximate surface area is 233 Å². The lowest BCUT2D eigenvalue weighted by molar-refractivity contribution is -0.150. The molecule has 5 N–H and O–H groups in total. The van der Waals surface area contributed by atoms with E-state index in [0.717, 1.165) is 16.4 Å². The SMILES string of the molecule is CON=C(C(=O)NC1C(=O)N2C(C(=O)O)=C(CSc3nnnn3C(C)CNC(C)=O)CS[C@H]12)c1nsc(N)n1. The molecule has 208 valence electrons. The van der Waals surface area contributed by atoms with E-state index in [2.05, 4.69) is 40.7 Å². The summed E-state index contributed by atoms with van der Waals surface area (Å²) in [4.78, 5) is 59.1. The highest BCUT2D eigenvalue weighted by molar-refractivity contribution is 8.01. The van der Waals surface area contributed by atoms with Gasteiger partial charge in [-0.2, -0.15) is 9.36 Å². The minimum atomic E-state index is -1.27. The van der Waals surface area contributed by atoms with E-state index in [1.165, 1.54) is 42.2 Å². The second-order valence-corrected chi connectivity index (χ2v) is 11.0. The fourth-order valence-corrected chi connectivity index (χ4v) is 6.59. The predicted molar refractivity (Wildman–Crippen MR) is 139 cm³/mol. The van der Waals surface area contributed by atoms with Crippen LogP contribution in [0, 0.1) is 0 Å². The first-order valence-corrected chi connectivity index (χ1v) is 14.0.